The molecule has 2 aromatic heterocycles. The summed E-state index contributed by atoms with van der Waals surface area (Å²) < 4.78 is 0. The molecule has 2 heterocycles. The van der Waals surface area contributed by atoms with E-state index in [0.29, 0.717) is 21.8 Å². The molecule has 3 N–H and O–H groups in total. The minimum atomic E-state index is -0.276. The summed E-state index contributed by atoms with van der Waals surface area (Å²) in [6.07, 6.45) is 1.68. The lowest BCUT2D eigenvalue weighted by molar-refractivity contribution is 0.0955. The van der Waals surface area contributed by atoms with Crippen LogP contribution in [0.3, 0.4) is 0 Å². The smallest absolute Gasteiger partial charge is 0.273 e. The summed E-state index contributed by atoms with van der Waals surface area (Å²) in [6, 6.07) is 18.5. The third-order valence-corrected chi connectivity index (χ3v) is 5.33. The van der Waals surface area contributed by atoms with Crippen LogP contribution in [0.2, 0.25) is 0 Å². The van der Waals surface area contributed by atoms with Crippen LogP contribution in [0.25, 0.3) is 10.9 Å². The van der Waals surface area contributed by atoms with E-state index in [1.807, 2.05) is 54.8 Å². The molecular formula is C22H18N4O2S. The lowest BCUT2D eigenvalue weighted by atomic mass is 10.1. The number of amides is 2. The molecule has 0 spiro atoms. The number of thiophene rings is 1. The van der Waals surface area contributed by atoms with Crippen molar-refractivity contribution in [3.05, 3.63) is 88.2 Å². The molecule has 29 heavy (non-hydrogen) atoms. The first kappa shape index (κ1) is 18.6. The van der Waals surface area contributed by atoms with Crippen LogP contribution in [0.1, 0.15) is 32.5 Å². The summed E-state index contributed by atoms with van der Waals surface area (Å²) in [7, 11) is 0. The van der Waals surface area contributed by atoms with Crippen molar-refractivity contribution in [2.45, 2.75) is 6.92 Å². The van der Waals surface area contributed by atoms with E-state index in [2.05, 4.69) is 20.8 Å². The van der Waals surface area contributed by atoms with E-state index in [4.69, 9.17) is 0 Å². The number of nitrogens with one attached hydrogen (secondary N) is 3. The second-order valence-corrected chi connectivity index (χ2v) is 7.34. The summed E-state index contributed by atoms with van der Waals surface area (Å²) in [5, 5.41) is 9.77. The van der Waals surface area contributed by atoms with Gasteiger partial charge in [-0.3, -0.25) is 9.59 Å². The molecule has 7 heteroatoms. The molecule has 4 aromatic rings. The fourth-order valence-electron chi connectivity index (χ4n) is 2.91. The highest BCUT2D eigenvalue weighted by molar-refractivity contribution is 7.12. The predicted molar refractivity (Wildman–Crippen MR) is 117 cm³/mol. The molecule has 0 saturated heterocycles. The SMILES string of the molecule is CC(=NNC(=O)c1c[nH]c2ccccc12)c1ccc(NC(=O)c2cccs2)cc1. The fraction of sp³-hybridized carbons (Fsp3) is 0.0455. The number of carbonyl (C=O) groups excluding carboxylic acids is 2. The van der Waals surface area contributed by atoms with Crippen LogP contribution in [-0.2, 0) is 0 Å². The minimum absolute atomic E-state index is 0.135. The lowest BCUT2D eigenvalue weighted by Crippen LogP contribution is -2.19. The van der Waals surface area contributed by atoms with Crippen LogP contribution in [0.4, 0.5) is 5.69 Å². The van der Waals surface area contributed by atoms with Gasteiger partial charge in [-0.2, -0.15) is 5.10 Å². The molecule has 0 bridgehead atoms. The zero-order valence-corrected chi connectivity index (χ0v) is 16.4. The predicted octanol–water partition coefficient (Wildman–Crippen LogP) is 4.64. The minimum Gasteiger partial charge on any atom is -0.360 e. The van der Waals surface area contributed by atoms with Crippen molar-refractivity contribution in [2.24, 2.45) is 5.10 Å². The zero-order valence-electron chi connectivity index (χ0n) is 15.6. The number of H-pyrrole nitrogens is 1. The number of aromatic nitrogens is 1. The number of benzene rings is 2. The Morgan fingerprint density at radius 2 is 1.76 bits per heavy atom. The Balaban J connectivity index is 1.42. The molecule has 0 fully saturated rings. The molecule has 0 saturated carbocycles. The average Bonchev–Trinajstić information content (AvgIpc) is 3.42. The number of para-hydroxylation sites is 1. The summed E-state index contributed by atoms with van der Waals surface area (Å²) in [5.74, 6) is -0.411. The van der Waals surface area contributed by atoms with Crippen LogP contribution < -0.4 is 10.7 Å². The van der Waals surface area contributed by atoms with Gasteiger partial charge in [0.2, 0.25) is 0 Å². The van der Waals surface area contributed by atoms with Gasteiger partial charge in [0.05, 0.1) is 16.2 Å². The van der Waals surface area contributed by atoms with Gasteiger partial charge in [0.15, 0.2) is 0 Å². The number of nitrogens with zero attached hydrogens (tertiary/aromatic N) is 1. The maximum atomic E-state index is 12.5. The number of hydrazone groups is 1. The van der Waals surface area contributed by atoms with Gasteiger partial charge < -0.3 is 10.3 Å². The van der Waals surface area contributed by atoms with Crippen LogP contribution in [0.15, 0.2) is 77.3 Å². The molecule has 2 aromatic carbocycles. The van der Waals surface area contributed by atoms with E-state index in [1.165, 1.54) is 11.3 Å². The van der Waals surface area contributed by atoms with Crippen molar-refractivity contribution in [1.29, 1.82) is 0 Å². The molecule has 0 aliphatic heterocycles. The van der Waals surface area contributed by atoms with Gasteiger partial charge in [0, 0.05) is 22.8 Å². The molecule has 6 nitrogen and oxygen atoms in total. The Hall–Kier alpha value is -3.71. The maximum Gasteiger partial charge on any atom is 0.273 e. The number of aromatic amines is 1. The second kappa shape index (κ2) is 8.12. The third kappa shape index (κ3) is 4.09. The first-order chi connectivity index (χ1) is 14.1. The van der Waals surface area contributed by atoms with Gasteiger partial charge >= 0.3 is 0 Å². The Bertz CT molecular complexity index is 1190. The Kier molecular flexibility index (Phi) is 5.22. The van der Waals surface area contributed by atoms with Crippen molar-refractivity contribution < 1.29 is 9.59 Å². The Labute approximate surface area is 171 Å². The van der Waals surface area contributed by atoms with Gasteiger partial charge in [-0.15, -0.1) is 11.3 Å². The number of carbonyl (C=O) groups is 2. The normalized spacial score (nSPS) is 11.4. The Morgan fingerprint density at radius 3 is 2.52 bits per heavy atom. The van der Waals surface area contributed by atoms with E-state index in [0.717, 1.165) is 16.5 Å². The largest absolute Gasteiger partial charge is 0.360 e. The highest BCUT2D eigenvalue weighted by Gasteiger charge is 2.11. The highest BCUT2D eigenvalue weighted by Crippen LogP contribution is 2.18. The summed E-state index contributed by atoms with van der Waals surface area (Å²) >= 11 is 1.39. The molecule has 0 radical (unpaired) electrons. The average molecular weight is 402 g/mol. The number of hydrogen-bond acceptors (Lipinski definition) is 4. The van der Waals surface area contributed by atoms with Gasteiger partial charge in [-0.05, 0) is 42.1 Å². The molecule has 0 aliphatic carbocycles. The fourth-order valence-corrected chi connectivity index (χ4v) is 3.53. The number of anilines is 1. The monoisotopic (exact) mass is 402 g/mol. The molecule has 2 amide bonds. The first-order valence-corrected chi connectivity index (χ1v) is 9.86. The molecule has 4 rings (SSSR count). The molecule has 0 unspecified atom stereocenters. The summed E-state index contributed by atoms with van der Waals surface area (Å²) in [5.41, 5.74) is 6.25. The molecule has 0 atom stereocenters. The van der Waals surface area contributed by atoms with E-state index >= 15 is 0 Å². The zero-order chi connectivity index (χ0) is 20.2. The van der Waals surface area contributed by atoms with Crippen LogP contribution in [0.5, 0.6) is 0 Å². The van der Waals surface area contributed by atoms with Crippen molar-refractivity contribution in [1.82, 2.24) is 10.4 Å². The van der Waals surface area contributed by atoms with Crippen LogP contribution in [-0.4, -0.2) is 22.5 Å². The number of hydrogen-bond donors (Lipinski definition) is 3. The maximum absolute atomic E-state index is 12.5. The summed E-state index contributed by atoms with van der Waals surface area (Å²) in [4.78, 5) is 28.3. The second-order valence-electron chi connectivity index (χ2n) is 6.39. The van der Waals surface area contributed by atoms with E-state index < -0.39 is 0 Å². The molecule has 144 valence electrons. The first-order valence-electron chi connectivity index (χ1n) is 8.98. The van der Waals surface area contributed by atoms with Crippen LogP contribution >= 0.6 is 11.3 Å². The van der Waals surface area contributed by atoms with E-state index in [9.17, 15) is 9.59 Å². The lowest BCUT2D eigenvalue weighted by Gasteiger charge is -2.06. The highest BCUT2D eigenvalue weighted by atomic mass is 32.1. The number of rotatable bonds is 5. The third-order valence-electron chi connectivity index (χ3n) is 4.46. The van der Waals surface area contributed by atoms with Crippen molar-refractivity contribution in [3.63, 3.8) is 0 Å². The van der Waals surface area contributed by atoms with E-state index in [-0.39, 0.29) is 11.8 Å². The standard InChI is InChI=1S/C22H18N4O2S/c1-14(25-26-21(27)18-13-23-19-6-3-2-5-17(18)19)15-8-10-16(11-9-15)24-22(28)20-7-4-12-29-20/h2-13,23H,1H3,(H,24,28)(H,26,27). The molecular weight excluding hydrogens is 384 g/mol. The topological polar surface area (TPSA) is 86.3 Å². The molecule has 0 aliphatic rings. The van der Waals surface area contributed by atoms with Gasteiger partial charge in [-0.1, -0.05) is 36.4 Å². The summed E-state index contributed by atoms with van der Waals surface area (Å²) in [6.45, 7) is 1.81. The quantitative estimate of drug-likeness (QED) is 0.336. The van der Waals surface area contributed by atoms with Gasteiger partial charge in [0.25, 0.3) is 11.8 Å². The van der Waals surface area contributed by atoms with Crippen molar-refractivity contribution in [3.8, 4) is 0 Å². The van der Waals surface area contributed by atoms with Gasteiger partial charge in [-0.25, -0.2) is 5.43 Å². The van der Waals surface area contributed by atoms with Gasteiger partial charge in [0.1, 0.15) is 0 Å². The van der Waals surface area contributed by atoms with Crippen molar-refractivity contribution >= 4 is 45.5 Å². The van der Waals surface area contributed by atoms with E-state index in [1.54, 1.807) is 24.4 Å². The van der Waals surface area contributed by atoms with Crippen LogP contribution in [0, 0.1) is 0 Å². The Morgan fingerprint density at radius 1 is 0.966 bits per heavy atom. The van der Waals surface area contributed by atoms with Crippen molar-refractivity contribution in [2.75, 3.05) is 5.32 Å². The number of fused-ring (bicyclic) bond motifs is 1.